The van der Waals surface area contributed by atoms with E-state index in [2.05, 4.69) is 0 Å². The van der Waals surface area contributed by atoms with Crippen LogP contribution in [0.2, 0.25) is 0 Å². The Bertz CT molecular complexity index is 446. The van der Waals surface area contributed by atoms with Crippen LogP contribution < -0.4 is 5.73 Å². The van der Waals surface area contributed by atoms with Crippen LogP contribution in [0.5, 0.6) is 0 Å². The zero-order chi connectivity index (χ0) is 18.7. The second-order valence-electron chi connectivity index (χ2n) is 6.07. The fourth-order valence-corrected chi connectivity index (χ4v) is 2.76. The summed E-state index contributed by atoms with van der Waals surface area (Å²) in [6.07, 6.45) is 3.06. The van der Waals surface area contributed by atoms with Gasteiger partial charge in [0.05, 0.1) is 12.6 Å². The largest absolute Gasteiger partial charge is 0.480 e. The first-order valence-corrected chi connectivity index (χ1v) is 8.56. The van der Waals surface area contributed by atoms with E-state index in [4.69, 9.17) is 20.3 Å². The molecule has 3 N–H and O–H groups in total. The second kappa shape index (κ2) is 11.8. The van der Waals surface area contributed by atoms with Crippen LogP contribution in [0.25, 0.3) is 0 Å². The molecule has 144 valence electrons. The third-order valence-corrected chi connectivity index (χ3v) is 4.09. The normalized spacial score (nSPS) is 18.2. The van der Waals surface area contributed by atoms with Crippen LogP contribution in [0, 0.1) is 0 Å². The number of nitrogens with zero attached hydrogens (tertiary/aromatic N) is 2. The predicted molar refractivity (Wildman–Crippen MR) is 89.9 cm³/mol. The van der Waals surface area contributed by atoms with Gasteiger partial charge in [0.1, 0.15) is 13.2 Å². The number of methoxy groups -OCH3 is 1. The van der Waals surface area contributed by atoms with Gasteiger partial charge in [-0.25, -0.2) is 4.79 Å². The molecule has 1 saturated heterocycles. The number of hydrogen-bond donors (Lipinski definition) is 2. The summed E-state index contributed by atoms with van der Waals surface area (Å²) >= 11 is 0. The minimum Gasteiger partial charge on any atom is -0.480 e. The van der Waals surface area contributed by atoms with Crippen molar-refractivity contribution in [3.63, 3.8) is 0 Å². The van der Waals surface area contributed by atoms with Crippen molar-refractivity contribution in [2.45, 2.75) is 31.7 Å². The first-order valence-electron chi connectivity index (χ1n) is 8.56. The number of ether oxygens (including phenoxy) is 2. The number of esters is 1. The molecule has 0 spiro atoms. The van der Waals surface area contributed by atoms with Gasteiger partial charge in [-0.3, -0.25) is 14.5 Å². The summed E-state index contributed by atoms with van der Waals surface area (Å²) in [5, 5.41) is 9.03. The molecule has 25 heavy (non-hydrogen) atoms. The Morgan fingerprint density at radius 3 is 2.60 bits per heavy atom. The maximum atomic E-state index is 12.3. The first-order chi connectivity index (χ1) is 12.0. The minimum atomic E-state index is -0.949. The Balaban J connectivity index is 2.55. The van der Waals surface area contributed by atoms with Crippen LogP contribution in [-0.2, 0) is 23.9 Å². The van der Waals surface area contributed by atoms with Crippen molar-refractivity contribution in [1.82, 2.24) is 9.80 Å². The lowest BCUT2D eigenvalue weighted by Crippen LogP contribution is -2.57. The van der Waals surface area contributed by atoms with Crippen LogP contribution >= 0.6 is 0 Å². The molecular weight excluding hydrogens is 330 g/mol. The van der Waals surface area contributed by atoms with E-state index < -0.39 is 11.9 Å². The van der Waals surface area contributed by atoms with Gasteiger partial charge < -0.3 is 25.2 Å². The molecule has 0 aromatic rings. The van der Waals surface area contributed by atoms with Crippen LogP contribution in [0.4, 0.5) is 0 Å². The van der Waals surface area contributed by atoms with E-state index in [1.165, 1.54) is 7.11 Å². The minimum absolute atomic E-state index is 0.0342. The lowest BCUT2D eigenvalue weighted by Gasteiger charge is -2.40. The molecule has 1 fully saturated rings. The standard InChI is InChI=1S/C16H29N3O6/c1-24-12-16(23)25-11-13-9-19(8-7-18(13)10-15(21)22)14(20)5-3-2-4-6-17/h13H,2-12,17H2,1H3,(H,21,22). The number of hydrogen-bond acceptors (Lipinski definition) is 7. The Morgan fingerprint density at radius 1 is 1.20 bits per heavy atom. The molecule has 9 heteroatoms. The summed E-state index contributed by atoms with van der Waals surface area (Å²) < 4.78 is 9.83. The molecule has 0 radical (unpaired) electrons. The summed E-state index contributed by atoms with van der Waals surface area (Å²) in [5.41, 5.74) is 5.44. The average Bonchev–Trinajstić information content (AvgIpc) is 2.57. The highest BCUT2D eigenvalue weighted by molar-refractivity contribution is 5.76. The Morgan fingerprint density at radius 2 is 1.96 bits per heavy atom. The number of piperazine rings is 1. The highest BCUT2D eigenvalue weighted by atomic mass is 16.6. The predicted octanol–water partition coefficient (Wildman–Crippen LogP) is -0.707. The third kappa shape index (κ3) is 8.28. The number of carboxylic acid groups (broad SMARTS) is 1. The zero-order valence-electron chi connectivity index (χ0n) is 14.8. The fourth-order valence-electron chi connectivity index (χ4n) is 2.76. The van der Waals surface area contributed by atoms with Gasteiger partial charge in [0.25, 0.3) is 0 Å². The average molecular weight is 359 g/mol. The molecule has 1 rings (SSSR count). The van der Waals surface area contributed by atoms with Gasteiger partial charge in [0, 0.05) is 33.2 Å². The van der Waals surface area contributed by atoms with Crippen LogP contribution in [-0.4, -0.2) is 91.8 Å². The molecule has 1 amide bonds. The van der Waals surface area contributed by atoms with Gasteiger partial charge in [-0.15, -0.1) is 0 Å². The topological polar surface area (TPSA) is 122 Å². The molecule has 0 aromatic carbocycles. The number of carboxylic acids is 1. The molecule has 0 aliphatic carbocycles. The smallest absolute Gasteiger partial charge is 0.332 e. The number of aliphatic carboxylic acids is 1. The molecule has 1 atom stereocenters. The van der Waals surface area contributed by atoms with Crippen molar-refractivity contribution < 1.29 is 29.0 Å². The van der Waals surface area contributed by atoms with E-state index in [0.717, 1.165) is 19.3 Å². The molecule has 0 bridgehead atoms. The number of carbonyl (C=O) groups is 3. The number of rotatable bonds is 11. The van der Waals surface area contributed by atoms with E-state index in [-0.39, 0.29) is 31.7 Å². The first kappa shape index (κ1) is 21.3. The zero-order valence-corrected chi connectivity index (χ0v) is 14.8. The summed E-state index contributed by atoms with van der Waals surface area (Å²) in [5.74, 6) is -1.42. The van der Waals surface area contributed by atoms with Gasteiger partial charge in [-0.2, -0.15) is 0 Å². The van der Waals surface area contributed by atoms with E-state index in [1.807, 2.05) is 0 Å². The summed E-state index contributed by atoms with van der Waals surface area (Å²) in [4.78, 5) is 38.2. The molecular formula is C16H29N3O6. The lowest BCUT2D eigenvalue weighted by molar-refractivity contribution is -0.152. The molecule has 1 aliphatic rings. The highest BCUT2D eigenvalue weighted by Crippen LogP contribution is 2.13. The van der Waals surface area contributed by atoms with Gasteiger partial charge in [0.2, 0.25) is 5.91 Å². The Labute approximate surface area is 148 Å². The van der Waals surface area contributed by atoms with E-state index in [0.29, 0.717) is 32.6 Å². The van der Waals surface area contributed by atoms with Gasteiger partial charge in [0.15, 0.2) is 0 Å². The van der Waals surface area contributed by atoms with Crippen LogP contribution in [0.15, 0.2) is 0 Å². The Kier molecular flexibility index (Phi) is 10.0. The summed E-state index contributed by atoms with van der Waals surface area (Å²) in [7, 11) is 1.39. The van der Waals surface area contributed by atoms with Crippen molar-refractivity contribution in [1.29, 1.82) is 0 Å². The van der Waals surface area contributed by atoms with Gasteiger partial charge in [-0.1, -0.05) is 6.42 Å². The molecule has 0 saturated carbocycles. The van der Waals surface area contributed by atoms with Gasteiger partial charge >= 0.3 is 11.9 Å². The maximum Gasteiger partial charge on any atom is 0.332 e. The monoisotopic (exact) mass is 359 g/mol. The third-order valence-electron chi connectivity index (χ3n) is 4.09. The van der Waals surface area contributed by atoms with Crippen molar-refractivity contribution in [2.75, 3.05) is 53.0 Å². The maximum absolute atomic E-state index is 12.3. The SMILES string of the molecule is COCC(=O)OCC1CN(C(=O)CCCCCN)CCN1CC(=O)O. The fraction of sp³-hybridized carbons (Fsp3) is 0.812. The highest BCUT2D eigenvalue weighted by Gasteiger charge is 2.31. The number of carbonyl (C=O) groups excluding carboxylic acids is 2. The van der Waals surface area contributed by atoms with Crippen molar-refractivity contribution in [2.24, 2.45) is 5.73 Å². The molecule has 0 aromatic heterocycles. The van der Waals surface area contributed by atoms with Crippen LogP contribution in [0.1, 0.15) is 25.7 Å². The van der Waals surface area contributed by atoms with Crippen molar-refractivity contribution in [3.05, 3.63) is 0 Å². The summed E-state index contributed by atoms with van der Waals surface area (Å²) in [6.45, 7) is 1.62. The quantitative estimate of drug-likeness (QED) is 0.366. The number of unbranched alkanes of at least 4 members (excludes halogenated alkanes) is 2. The lowest BCUT2D eigenvalue weighted by atomic mass is 10.1. The van der Waals surface area contributed by atoms with Crippen molar-refractivity contribution >= 4 is 17.8 Å². The van der Waals surface area contributed by atoms with E-state index in [1.54, 1.807) is 9.80 Å². The second-order valence-corrected chi connectivity index (χ2v) is 6.07. The molecule has 1 aliphatic heterocycles. The summed E-state index contributed by atoms with van der Waals surface area (Å²) in [6, 6.07) is -0.335. The molecule has 9 nitrogen and oxygen atoms in total. The number of amides is 1. The molecule has 1 unspecified atom stereocenters. The Hall–Kier alpha value is -1.71. The van der Waals surface area contributed by atoms with Crippen molar-refractivity contribution in [3.8, 4) is 0 Å². The van der Waals surface area contributed by atoms with Gasteiger partial charge in [-0.05, 0) is 19.4 Å². The van der Waals surface area contributed by atoms with E-state index >= 15 is 0 Å². The molecule has 1 heterocycles. The van der Waals surface area contributed by atoms with Crippen LogP contribution in [0.3, 0.4) is 0 Å². The van der Waals surface area contributed by atoms with E-state index in [9.17, 15) is 14.4 Å². The number of nitrogens with two attached hydrogens (primary N) is 1.